The third kappa shape index (κ3) is 21.9. The molecule has 1 unspecified atom stereocenters. The number of rotatable bonds is 28. The lowest BCUT2D eigenvalue weighted by molar-refractivity contribution is -0.146. The Hall–Kier alpha value is -4.87. The van der Waals surface area contributed by atoms with Gasteiger partial charge in [0.15, 0.2) is 0 Å². The summed E-state index contributed by atoms with van der Waals surface area (Å²) >= 11 is 3.96. The maximum atomic E-state index is 12.5. The lowest BCUT2D eigenvalue weighted by Gasteiger charge is -2.32. The molecule has 0 aromatic carbocycles. The van der Waals surface area contributed by atoms with Gasteiger partial charge in [-0.1, -0.05) is 0 Å². The van der Waals surface area contributed by atoms with Crippen molar-refractivity contribution in [3.05, 3.63) is 0 Å². The van der Waals surface area contributed by atoms with Crippen LogP contribution in [0.25, 0.3) is 0 Å². The summed E-state index contributed by atoms with van der Waals surface area (Å²) in [6, 6.07) is -2.57. The monoisotopic (exact) mass is 737 g/mol. The molecule has 0 rings (SSSR count). The molecule has 0 spiro atoms. The molecule has 0 radical (unpaired) electrons. The number of carboxylic acids is 5. The molecule has 0 aliphatic carbocycles. The third-order valence-electron chi connectivity index (χ3n) is 6.45. The largest absolute Gasteiger partial charge is 0.480 e. The van der Waals surface area contributed by atoms with Gasteiger partial charge in [0, 0.05) is 38.4 Å². The first-order chi connectivity index (χ1) is 23.3. The zero-order valence-corrected chi connectivity index (χ0v) is 28.1. The molecule has 282 valence electrons. The van der Waals surface area contributed by atoms with Crippen molar-refractivity contribution < 1.29 is 73.5 Å². The van der Waals surface area contributed by atoms with Crippen LogP contribution in [-0.2, 0) is 47.9 Å². The molecule has 0 aliphatic rings. The molecule has 50 heavy (non-hydrogen) atoms. The van der Waals surface area contributed by atoms with Gasteiger partial charge in [-0.25, -0.2) is 0 Å². The second-order valence-corrected chi connectivity index (χ2v) is 11.1. The first-order valence-corrected chi connectivity index (χ1v) is 15.5. The molecule has 0 aromatic heterocycles. The number of hydrogen-bond acceptors (Lipinski definition) is 14. The minimum absolute atomic E-state index is 0.111. The predicted molar refractivity (Wildman–Crippen MR) is 171 cm³/mol. The van der Waals surface area contributed by atoms with Crippen molar-refractivity contribution in [3.8, 4) is 0 Å². The lowest BCUT2D eigenvalue weighted by atomic mass is 10.1. The number of aliphatic carboxylic acids is 5. The predicted octanol–water partition coefficient (Wildman–Crippen LogP) is -5.18. The lowest BCUT2D eigenvalue weighted by Crippen LogP contribution is -2.51. The Balaban J connectivity index is 5.39. The molecule has 0 saturated carbocycles. The summed E-state index contributed by atoms with van der Waals surface area (Å²) in [6.07, 6.45) is -0.861. The number of amides is 4. The highest BCUT2D eigenvalue weighted by Crippen LogP contribution is 2.10. The zero-order chi connectivity index (χ0) is 38.4. The van der Waals surface area contributed by atoms with Crippen LogP contribution in [-0.4, -0.2) is 189 Å². The number of Topliss-reactive ketones (excluding diaryl/α,β-unsaturated/α-hetero) is 1. The summed E-state index contributed by atoms with van der Waals surface area (Å²) in [6.45, 7) is -4.15. The van der Waals surface area contributed by atoms with E-state index in [2.05, 4.69) is 33.9 Å². The minimum Gasteiger partial charge on any atom is -0.480 e. The molecule has 0 aromatic rings. The number of thiol groups is 1. The van der Waals surface area contributed by atoms with Gasteiger partial charge in [0.1, 0.15) is 17.9 Å². The average Bonchev–Trinajstić information content (AvgIpc) is 2.99. The molecule has 23 heteroatoms. The Morgan fingerprint density at radius 1 is 0.600 bits per heavy atom. The van der Waals surface area contributed by atoms with Crippen molar-refractivity contribution in [2.24, 2.45) is 0 Å². The van der Waals surface area contributed by atoms with Crippen molar-refractivity contribution in [2.45, 2.75) is 31.8 Å². The van der Waals surface area contributed by atoms with Crippen molar-refractivity contribution >= 4 is 71.9 Å². The summed E-state index contributed by atoms with van der Waals surface area (Å²) in [5, 5.41) is 55.5. The van der Waals surface area contributed by atoms with Gasteiger partial charge in [-0.05, 0) is 13.3 Å². The molecular formula is C27H43N7O15S. The van der Waals surface area contributed by atoms with E-state index >= 15 is 0 Å². The van der Waals surface area contributed by atoms with Crippen molar-refractivity contribution in [1.29, 1.82) is 0 Å². The summed E-state index contributed by atoms with van der Waals surface area (Å²) < 4.78 is 0. The summed E-state index contributed by atoms with van der Waals surface area (Å²) in [4.78, 5) is 120. The minimum atomic E-state index is -1.47. The van der Waals surface area contributed by atoms with Gasteiger partial charge in [0.25, 0.3) is 0 Å². The number of carbonyl (C=O) groups is 10. The number of hydrogen-bond donors (Lipinski definition) is 10. The highest BCUT2D eigenvalue weighted by Gasteiger charge is 2.28. The van der Waals surface area contributed by atoms with E-state index in [0.29, 0.717) is 0 Å². The second kappa shape index (κ2) is 24.3. The van der Waals surface area contributed by atoms with Crippen molar-refractivity contribution in [1.82, 2.24) is 36.0 Å². The maximum absolute atomic E-state index is 12.5. The molecule has 9 N–H and O–H groups in total. The molecule has 0 fully saturated rings. The van der Waals surface area contributed by atoms with Crippen LogP contribution in [0.5, 0.6) is 0 Å². The van der Waals surface area contributed by atoms with Crippen LogP contribution < -0.4 is 21.3 Å². The average molecular weight is 738 g/mol. The number of nitrogens with zero attached hydrogens (tertiary/aromatic N) is 3. The van der Waals surface area contributed by atoms with E-state index in [9.17, 15) is 53.1 Å². The fourth-order valence-corrected chi connectivity index (χ4v) is 4.43. The highest BCUT2D eigenvalue weighted by molar-refractivity contribution is 7.80. The molecule has 0 bridgehead atoms. The molecule has 0 saturated heterocycles. The van der Waals surface area contributed by atoms with E-state index in [1.165, 1.54) is 11.8 Å². The van der Waals surface area contributed by atoms with E-state index in [1.54, 1.807) is 0 Å². The Morgan fingerprint density at radius 2 is 1.04 bits per heavy atom. The molecular weight excluding hydrogens is 694 g/mol. The number of ketones is 1. The fraction of sp³-hybridized carbons (Fsp3) is 0.630. The van der Waals surface area contributed by atoms with Crippen LogP contribution in [0.1, 0.15) is 19.8 Å². The number of carbonyl (C=O) groups excluding carboxylic acids is 5. The van der Waals surface area contributed by atoms with Gasteiger partial charge in [-0.15, -0.1) is 0 Å². The van der Waals surface area contributed by atoms with Crippen molar-refractivity contribution in [2.75, 3.05) is 77.7 Å². The Bertz CT molecular complexity index is 1180. The van der Waals surface area contributed by atoms with Crippen LogP contribution in [0.4, 0.5) is 0 Å². The standard InChI is InChI=1S/C27H43N7O15S/c1-16(35)8-30-26(47)17(15-50)31-21(38)10-29-20(37)9-28-19(36)3-2-18(27(48)49)34(6-4-32(11-22(39)40)12-23(41)42)7-5-33(13-24(43)44)14-25(45)46/h17-18,50H,2-15H2,1H3,(H,28,36)(H,29,37)(H,30,47)(H,31,38)(H,39,40)(H,41,42)(H,43,44)(H,45,46)(H,48,49)/t17?,18-/m0/s1. The summed E-state index contributed by atoms with van der Waals surface area (Å²) in [5.41, 5.74) is 0. The van der Waals surface area contributed by atoms with E-state index in [-0.39, 0.29) is 44.3 Å². The first kappa shape index (κ1) is 45.1. The van der Waals surface area contributed by atoms with Crippen LogP contribution >= 0.6 is 12.6 Å². The van der Waals surface area contributed by atoms with Crippen LogP contribution in [0.2, 0.25) is 0 Å². The highest BCUT2D eigenvalue weighted by atomic mass is 32.1. The number of carboxylic acid groups (broad SMARTS) is 5. The van der Waals surface area contributed by atoms with Gasteiger partial charge in [-0.3, -0.25) is 62.6 Å². The summed E-state index contributed by atoms with van der Waals surface area (Å²) in [5.74, 6) is -10.4. The van der Waals surface area contributed by atoms with E-state index in [4.69, 9.17) is 20.4 Å². The summed E-state index contributed by atoms with van der Waals surface area (Å²) in [7, 11) is 0. The number of nitrogens with one attached hydrogen (secondary N) is 4. The normalized spacial score (nSPS) is 12.1. The molecule has 22 nitrogen and oxygen atoms in total. The molecule has 4 amide bonds. The molecule has 0 heterocycles. The van der Waals surface area contributed by atoms with Gasteiger partial charge in [-0.2, -0.15) is 12.6 Å². The van der Waals surface area contributed by atoms with E-state index in [0.717, 1.165) is 9.80 Å². The van der Waals surface area contributed by atoms with Gasteiger partial charge in [0.2, 0.25) is 23.6 Å². The van der Waals surface area contributed by atoms with Crippen LogP contribution in [0.3, 0.4) is 0 Å². The van der Waals surface area contributed by atoms with Crippen molar-refractivity contribution in [3.63, 3.8) is 0 Å². The topological polar surface area (TPSA) is 330 Å². The fourth-order valence-electron chi connectivity index (χ4n) is 4.17. The van der Waals surface area contributed by atoms with E-state index < -0.39 is 118 Å². The first-order valence-electron chi connectivity index (χ1n) is 14.8. The van der Waals surface area contributed by atoms with Gasteiger partial charge in [0.05, 0.1) is 45.8 Å². The Kier molecular flexibility index (Phi) is 21.9. The Labute approximate surface area is 290 Å². The Morgan fingerprint density at radius 3 is 1.44 bits per heavy atom. The third-order valence-corrected chi connectivity index (χ3v) is 6.82. The maximum Gasteiger partial charge on any atom is 0.320 e. The second-order valence-electron chi connectivity index (χ2n) is 10.7. The van der Waals surface area contributed by atoms with Gasteiger partial charge < -0.3 is 46.8 Å². The van der Waals surface area contributed by atoms with E-state index in [1.807, 2.05) is 0 Å². The van der Waals surface area contributed by atoms with Crippen LogP contribution in [0.15, 0.2) is 0 Å². The quantitative estimate of drug-likeness (QED) is 0.0336. The molecule has 2 atom stereocenters. The zero-order valence-electron chi connectivity index (χ0n) is 27.2. The van der Waals surface area contributed by atoms with Crippen LogP contribution in [0, 0.1) is 0 Å². The SMILES string of the molecule is CC(=O)CNC(=O)C(CS)NC(=O)CNC(=O)CNC(=O)CC[C@@H](C(=O)O)N(CCN(CC(=O)O)CC(=O)O)CCN(CC(=O)O)CC(=O)O. The smallest absolute Gasteiger partial charge is 0.320 e. The molecule has 0 aliphatic heterocycles. The van der Waals surface area contributed by atoms with Gasteiger partial charge >= 0.3 is 29.8 Å².